The van der Waals surface area contributed by atoms with Crippen LogP contribution >= 0.6 is 0 Å². The second kappa shape index (κ2) is 12.4. The van der Waals surface area contributed by atoms with Gasteiger partial charge in [-0.15, -0.1) is 0 Å². The summed E-state index contributed by atoms with van der Waals surface area (Å²) in [5.74, 6) is 3.44. The van der Waals surface area contributed by atoms with E-state index in [1.807, 2.05) is 0 Å². The molecule has 0 aliphatic rings. The molecule has 0 radical (unpaired) electrons. The molecular weight excluding hydrogens is 449 g/mol. The van der Waals surface area contributed by atoms with Crippen LogP contribution in [-0.4, -0.2) is 34.2 Å². The molecule has 0 heterocycles. The minimum atomic E-state index is -2.43. The summed E-state index contributed by atoms with van der Waals surface area (Å²) < 4.78 is 29.3. The molecule has 0 saturated heterocycles. The number of ether oxygens (including phenoxy) is 1. The minimum Gasteiger partial charge on any atom is -0.496 e. The van der Waals surface area contributed by atoms with Gasteiger partial charge in [0, 0.05) is 17.6 Å². The third-order valence-electron chi connectivity index (χ3n) is 5.53. The average molecular weight is 492 g/mol. The zero-order valence-corrected chi connectivity index (χ0v) is 22.7. The lowest BCUT2D eigenvalue weighted by Gasteiger charge is -2.31. The molecule has 0 amide bonds. The Hall–Kier alpha value is -2.31. The van der Waals surface area contributed by atoms with Gasteiger partial charge in [0.2, 0.25) is 0 Å². The first kappa shape index (κ1) is 29.7. The number of benzene rings is 2. The van der Waals surface area contributed by atoms with Gasteiger partial charge in [-0.1, -0.05) is 66.2 Å². The lowest BCUT2D eigenvalue weighted by atomic mass is 9.87. The Labute approximate surface area is 206 Å². The van der Waals surface area contributed by atoms with Gasteiger partial charge in [-0.2, -0.15) is 0 Å². The van der Waals surface area contributed by atoms with Crippen molar-refractivity contribution >= 4 is 21.1 Å². The number of hydrogen-bond donors (Lipinski definition) is 2. The predicted molar refractivity (Wildman–Crippen MR) is 145 cm³/mol. The van der Waals surface area contributed by atoms with Crippen molar-refractivity contribution < 1.29 is 18.4 Å². The van der Waals surface area contributed by atoms with Crippen molar-refractivity contribution in [2.45, 2.75) is 76.2 Å². The lowest BCUT2D eigenvalue weighted by Crippen LogP contribution is -2.34. The van der Waals surface area contributed by atoms with Crippen molar-refractivity contribution in [3.8, 4) is 5.75 Å². The van der Waals surface area contributed by atoms with Gasteiger partial charge in [0.05, 0.1) is 12.0 Å². The highest BCUT2D eigenvalue weighted by Gasteiger charge is 2.28. The van der Waals surface area contributed by atoms with Crippen LogP contribution in [0.15, 0.2) is 59.6 Å². The largest absolute Gasteiger partial charge is 0.496 e. The van der Waals surface area contributed by atoms with Gasteiger partial charge in [-0.25, -0.2) is 4.39 Å². The molecule has 1 unspecified atom stereocenters. The molecule has 1 atom stereocenters. The molecule has 0 saturated carbocycles. The van der Waals surface area contributed by atoms with E-state index in [0.717, 1.165) is 31.4 Å². The van der Waals surface area contributed by atoms with Crippen molar-refractivity contribution in [3.63, 3.8) is 0 Å². The number of hydrogen-bond acceptors (Lipinski definition) is 4. The van der Waals surface area contributed by atoms with Crippen molar-refractivity contribution in [1.82, 2.24) is 0 Å². The van der Waals surface area contributed by atoms with Crippen LogP contribution in [0.25, 0.3) is 0 Å². The number of anilines is 1. The van der Waals surface area contributed by atoms with Crippen LogP contribution in [0.2, 0.25) is 0 Å². The van der Waals surface area contributed by atoms with Gasteiger partial charge < -0.3 is 15.2 Å². The number of nitrogens with one attached hydrogen (secondary N) is 1. The van der Waals surface area contributed by atoms with Crippen LogP contribution in [0, 0.1) is 5.82 Å². The number of rotatable bonds is 9. The molecule has 0 fully saturated rings. The summed E-state index contributed by atoms with van der Waals surface area (Å²) >= 11 is 0. The molecule has 0 aliphatic carbocycles. The molecule has 0 aliphatic heterocycles. The minimum absolute atomic E-state index is 0.153. The standard InChI is InChI=1S/C19H31NO.C9H11FO2S/c1-7-13-19(21,14-8-2)15(3)20-17-11-9-16(10-12-17)18(4,5)6;1-12-8-5-4-7(10)6-9(8)13(2,3)11/h9-12,20-21H,3,7-8,13-14H2,1-2,4-6H3;4-6H,2H2,1,3H3. The van der Waals surface area contributed by atoms with Crippen molar-refractivity contribution in [2.24, 2.45) is 0 Å². The maximum Gasteiger partial charge on any atom is 0.134 e. The molecule has 34 heavy (non-hydrogen) atoms. The summed E-state index contributed by atoms with van der Waals surface area (Å²) in [6.45, 7) is 14.9. The third-order valence-corrected chi connectivity index (χ3v) is 6.78. The fourth-order valence-corrected chi connectivity index (χ4v) is 4.52. The highest BCUT2D eigenvalue weighted by Crippen LogP contribution is 2.29. The highest BCUT2D eigenvalue weighted by molar-refractivity contribution is 7.99. The van der Waals surface area contributed by atoms with Gasteiger partial charge in [0.15, 0.2) is 0 Å². The van der Waals surface area contributed by atoms with E-state index >= 15 is 0 Å². The van der Waals surface area contributed by atoms with Crippen LogP contribution < -0.4 is 10.1 Å². The molecule has 0 bridgehead atoms. The smallest absolute Gasteiger partial charge is 0.134 e. The Morgan fingerprint density at radius 2 is 1.62 bits per heavy atom. The van der Waals surface area contributed by atoms with E-state index in [1.54, 1.807) is 0 Å². The highest BCUT2D eigenvalue weighted by atomic mass is 32.2. The first-order valence-corrected chi connectivity index (χ1v) is 13.8. The van der Waals surface area contributed by atoms with E-state index < -0.39 is 20.9 Å². The van der Waals surface area contributed by atoms with E-state index in [1.165, 1.54) is 37.1 Å². The van der Waals surface area contributed by atoms with Gasteiger partial charge >= 0.3 is 0 Å². The van der Waals surface area contributed by atoms with Gasteiger partial charge in [0.25, 0.3) is 0 Å². The number of methoxy groups -OCH3 is 1. The molecule has 0 spiro atoms. The monoisotopic (exact) mass is 491 g/mol. The average Bonchev–Trinajstić information content (AvgIpc) is 2.73. The van der Waals surface area contributed by atoms with Crippen LogP contribution in [-0.2, 0) is 14.9 Å². The number of aliphatic hydroxyl groups is 1. The second-order valence-electron chi connectivity index (χ2n) is 9.76. The third kappa shape index (κ3) is 8.80. The summed E-state index contributed by atoms with van der Waals surface area (Å²) in [5, 5.41) is 14.0. The SMILES string of the molecule is C=C(Nc1ccc(C(C)(C)C)cc1)C(O)(CCC)CCC.C=S(C)(=O)c1cc(F)ccc1OC. The Kier molecular flexibility index (Phi) is 10.8. The van der Waals surface area contributed by atoms with Gasteiger partial charge in [0.1, 0.15) is 17.2 Å². The maximum atomic E-state index is 12.8. The summed E-state index contributed by atoms with van der Waals surface area (Å²) in [4.78, 5) is 0.315. The Morgan fingerprint density at radius 1 is 1.09 bits per heavy atom. The Balaban J connectivity index is 0.000000380. The van der Waals surface area contributed by atoms with Crippen LogP contribution in [0.3, 0.4) is 0 Å². The summed E-state index contributed by atoms with van der Waals surface area (Å²) in [6, 6.07) is 12.3. The predicted octanol–water partition coefficient (Wildman–Crippen LogP) is 6.78. The molecule has 190 valence electrons. The van der Waals surface area contributed by atoms with Crippen LogP contribution in [0.1, 0.15) is 65.9 Å². The molecule has 2 N–H and O–H groups in total. The Morgan fingerprint density at radius 3 is 2.03 bits per heavy atom. The van der Waals surface area contributed by atoms with E-state index in [0.29, 0.717) is 16.3 Å². The van der Waals surface area contributed by atoms with Crippen molar-refractivity contribution in [1.29, 1.82) is 0 Å². The molecular formula is C28H42FNO3S. The van der Waals surface area contributed by atoms with E-state index in [4.69, 9.17) is 4.74 Å². The zero-order chi connectivity index (χ0) is 26.2. The molecule has 2 aromatic rings. The summed E-state index contributed by atoms with van der Waals surface area (Å²) in [7, 11) is -0.987. The Bertz CT molecular complexity index is 1030. The quantitative estimate of drug-likeness (QED) is 0.380. The first-order valence-electron chi connectivity index (χ1n) is 11.6. The molecule has 2 rings (SSSR count). The first-order chi connectivity index (χ1) is 15.7. The van der Waals surface area contributed by atoms with Crippen molar-refractivity contribution in [3.05, 3.63) is 66.1 Å². The van der Waals surface area contributed by atoms with E-state index in [2.05, 4.69) is 76.7 Å². The van der Waals surface area contributed by atoms with Crippen LogP contribution in [0.5, 0.6) is 5.75 Å². The molecule has 0 aromatic heterocycles. The van der Waals surface area contributed by atoms with Gasteiger partial charge in [-0.3, -0.25) is 4.21 Å². The maximum absolute atomic E-state index is 12.8. The second-order valence-corrected chi connectivity index (χ2v) is 12.2. The fourth-order valence-electron chi connectivity index (χ4n) is 3.59. The normalized spacial score (nSPS) is 13.3. The molecule has 2 aromatic carbocycles. The summed E-state index contributed by atoms with van der Waals surface area (Å²) in [5.41, 5.74) is 2.33. The number of halogens is 1. The molecule has 4 nitrogen and oxygen atoms in total. The lowest BCUT2D eigenvalue weighted by molar-refractivity contribution is 0.0599. The van der Waals surface area contributed by atoms with E-state index in [9.17, 15) is 13.7 Å². The molecule has 6 heteroatoms. The zero-order valence-electron chi connectivity index (χ0n) is 21.8. The van der Waals surface area contributed by atoms with Crippen LogP contribution in [0.4, 0.5) is 10.1 Å². The van der Waals surface area contributed by atoms with Gasteiger partial charge in [-0.05, 0) is 69.5 Å². The fraction of sp³-hybridized carbons (Fsp3) is 0.464. The summed E-state index contributed by atoms with van der Waals surface area (Å²) in [6.07, 6.45) is 4.82. The van der Waals surface area contributed by atoms with Crippen molar-refractivity contribution in [2.75, 3.05) is 18.7 Å². The van der Waals surface area contributed by atoms with E-state index in [-0.39, 0.29) is 5.41 Å². The topological polar surface area (TPSA) is 58.6 Å².